The fourth-order valence-corrected chi connectivity index (χ4v) is 1.32. The second kappa shape index (κ2) is 8.72. The molecule has 4 N–H and O–H groups in total. The van der Waals surface area contributed by atoms with Crippen LogP contribution in [0.25, 0.3) is 0 Å². The zero-order chi connectivity index (χ0) is 9.78. The summed E-state index contributed by atoms with van der Waals surface area (Å²) in [5.74, 6) is 1.73. The zero-order valence-corrected chi connectivity index (χ0v) is 12.7. The van der Waals surface area contributed by atoms with Crippen LogP contribution in [0.5, 0.6) is 0 Å². The average molecular weight is 268 g/mol. The van der Waals surface area contributed by atoms with Gasteiger partial charge in [0.2, 0.25) is 0 Å². The van der Waals surface area contributed by atoms with Crippen molar-refractivity contribution in [2.45, 2.75) is 60.8 Å². The molecule has 0 spiro atoms. The summed E-state index contributed by atoms with van der Waals surface area (Å²) in [5.41, 5.74) is 0.537. The Labute approximate surface area is 101 Å². The van der Waals surface area contributed by atoms with Crippen LogP contribution in [0.15, 0.2) is 0 Å². The van der Waals surface area contributed by atoms with Gasteiger partial charge in [-0.3, -0.25) is 0 Å². The summed E-state index contributed by atoms with van der Waals surface area (Å²) < 4.78 is 0. The molecule has 0 rings (SSSR count). The summed E-state index contributed by atoms with van der Waals surface area (Å²) in [4.78, 5) is 0. The Balaban J connectivity index is -0.000000605. The van der Waals surface area contributed by atoms with Gasteiger partial charge in [-0.15, -0.1) is 0 Å². The van der Waals surface area contributed by atoms with Crippen molar-refractivity contribution < 1.29 is 17.0 Å². The molecule has 0 aliphatic carbocycles. The number of rotatable bonds is 5. The fraction of sp³-hybridized carbons (Fsp3) is 1.00. The summed E-state index contributed by atoms with van der Waals surface area (Å²) in [6.45, 7) is 14.1. The Morgan fingerprint density at radius 2 is 1.43 bits per heavy atom. The summed E-state index contributed by atoms with van der Waals surface area (Å²) >= 11 is 0. The molecule has 1 nitrogen and oxygen atoms in total. The van der Waals surface area contributed by atoms with E-state index < -0.39 is 0 Å². The third-order valence-electron chi connectivity index (χ3n) is 3.42. The lowest BCUT2D eigenvalue weighted by Crippen LogP contribution is -3.00. The standard InChI is InChI=1S/C12H26.BrH.H3N/c1-7-12(5,6)11(4)9-8-10(2)3;;/h10-11H,7-9H2,1-6H3;1H;1H3. The van der Waals surface area contributed by atoms with Crippen molar-refractivity contribution in [2.24, 2.45) is 17.3 Å². The maximum Gasteiger partial charge on any atom is -0.0331 e. The fourth-order valence-electron chi connectivity index (χ4n) is 1.32. The molecule has 0 amide bonds. The molecule has 0 aliphatic heterocycles. The molecule has 0 aromatic carbocycles. The summed E-state index contributed by atoms with van der Waals surface area (Å²) in [6.07, 6.45) is 4.06. The lowest BCUT2D eigenvalue weighted by Gasteiger charge is -2.31. The summed E-state index contributed by atoms with van der Waals surface area (Å²) in [7, 11) is 0. The van der Waals surface area contributed by atoms with Gasteiger partial charge in [-0.05, 0) is 23.7 Å². The Morgan fingerprint density at radius 3 is 1.71 bits per heavy atom. The number of quaternary nitrogens is 1. The van der Waals surface area contributed by atoms with Gasteiger partial charge >= 0.3 is 0 Å². The third-order valence-corrected chi connectivity index (χ3v) is 3.42. The van der Waals surface area contributed by atoms with E-state index in [1.54, 1.807) is 0 Å². The van der Waals surface area contributed by atoms with Gasteiger partial charge in [-0.25, -0.2) is 0 Å². The van der Waals surface area contributed by atoms with Crippen molar-refractivity contribution in [1.82, 2.24) is 6.15 Å². The highest BCUT2D eigenvalue weighted by Gasteiger charge is 2.23. The molecule has 2 heteroatoms. The number of hydrogen-bond acceptors (Lipinski definition) is 0. The van der Waals surface area contributed by atoms with Gasteiger partial charge in [0.05, 0.1) is 0 Å². The lowest BCUT2D eigenvalue weighted by molar-refractivity contribution is -0.00000385. The predicted molar refractivity (Wildman–Crippen MR) is 63.3 cm³/mol. The Hall–Kier alpha value is 0.440. The largest absolute Gasteiger partial charge is 1.00 e. The monoisotopic (exact) mass is 267 g/mol. The SMILES string of the molecule is CCC(C)(C)C(C)CCC(C)C.[Br-].[NH4+]. The minimum Gasteiger partial charge on any atom is -1.00 e. The molecule has 0 fully saturated rings. The summed E-state index contributed by atoms with van der Waals surface area (Å²) in [6, 6.07) is 0. The molecule has 0 saturated carbocycles. The molecular weight excluding hydrogens is 238 g/mol. The van der Waals surface area contributed by atoms with E-state index in [0.29, 0.717) is 5.41 Å². The molecule has 0 saturated heterocycles. The first kappa shape index (κ1) is 19.9. The average Bonchev–Trinajstić information content (AvgIpc) is 2.00. The first-order chi connectivity index (χ1) is 5.40. The van der Waals surface area contributed by atoms with Gasteiger partial charge in [-0.1, -0.05) is 54.4 Å². The van der Waals surface area contributed by atoms with Gasteiger partial charge in [0.25, 0.3) is 0 Å². The van der Waals surface area contributed by atoms with Gasteiger partial charge in [0.1, 0.15) is 0 Å². The predicted octanol–water partition coefficient (Wildman–Crippen LogP) is 1.88. The first-order valence-corrected chi connectivity index (χ1v) is 5.40. The maximum atomic E-state index is 2.39. The van der Waals surface area contributed by atoms with E-state index in [-0.39, 0.29) is 23.1 Å². The van der Waals surface area contributed by atoms with Crippen LogP contribution in [-0.2, 0) is 0 Å². The highest BCUT2D eigenvalue weighted by atomic mass is 79.9. The van der Waals surface area contributed by atoms with Crippen LogP contribution in [-0.4, -0.2) is 0 Å². The van der Waals surface area contributed by atoms with E-state index in [0.717, 1.165) is 11.8 Å². The Kier molecular flexibility index (Phi) is 12.4. The second-order valence-corrected chi connectivity index (χ2v) is 5.21. The second-order valence-electron chi connectivity index (χ2n) is 5.21. The van der Waals surface area contributed by atoms with Crippen LogP contribution < -0.4 is 23.1 Å². The highest BCUT2D eigenvalue weighted by molar-refractivity contribution is 4.73. The first-order valence-electron chi connectivity index (χ1n) is 5.40. The van der Waals surface area contributed by atoms with E-state index in [1.165, 1.54) is 19.3 Å². The van der Waals surface area contributed by atoms with E-state index in [2.05, 4.69) is 41.5 Å². The van der Waals surface area contributed by atoms with Gasteiger partial charge in [0, 0.05) is 0 Å². The van der Waals surface area contributed by atoms with E-state index >= 15 is 0 Å². The lowest BCUT2D eigenvalue weighted by atomic mass is 9.75. The third kappa shape index (κ3) is 7.81. The molecule has 0 aromatic heterocycles. The Bertz CT molecular complexity index is 121. The highest BCUT2D eigenvalue weighted by Crippen LogP contribution is 2.33. The molecule has 0 heterocycles. The van der Waals surface area contributed by atoms with Crippen LogP contribution in [0.1, 0.15) is 60.8 Å². The number of halogens is 1. The Morgan fingerprint density at radius 1 is 1.00 bits per heavy atom. The van der Waals surface area contributed by atoms with Crippen LogP contribution in [0.4, 0.5) is 0 Å². The van der Waals surface area contributed by atoms with E-state index in [4.69, 9.17) is 0 Å². The minimum absolute atomic E-state index is 0. The topological polar surface area (TPSA) is 36.5 Å². The van der Waals surface area contributed by atoms with Crippen molar-refractivity contribution in [1.29, 1.82) is 0 Å². The molecule has 0 aromatic rings. The number of hydrogen-bond donors (Lipinski definition) is 1. The molecule has 0 radical (unpaired) electrons. The molecule has 1 atom stereocenters. The molecule has 90 valence electrons. The van der Waals surface area contributed by atoms with Crippen LogP contribution in [0, 0.1) is 17.3 Å². The van der Waals surface area contributed by atoms with Crippen molar-refractivity contribution in [2.75, 3.05) is 0 Å². The smallest absolute Gasteiger partial charge is 0.0331 e. The summed E-state index contributed by atoms with van der Waals surface area (Å²) in [5, 5.41) is 0. The zero-order valence-electron chi connectivity index (χ0n) is 11.2. The van der Waals surface area contributed by atoms with Gasteiger partial charge < -0.3 is 23.1 Å². The van der Waals surface area contributed by atoms with Gasteiger partial charge in [0.15, 0.2) is 0 Å². The molecule has 14 heavy (non-hydrogen) atoms. The quantitative estimate of drug-likeness (QED) is 0.790. The van der Waals surface area contributed by atoms with Crippen molar-refractivity contribution in [3.05, 3.63) is 0 Å². The van der Waals surface area contributed by atoms with E-state index in [1.807, 2.05) is 0 Å². The molecule has 0 aliphatic rings. The van der Waals surface area contributed by atoms with E-state index in [9.17, 15) is 0 Å². The normalized spacial score (nSPS) is 13.1. The maximum absolute atomic E-state index is 2.39. The van der Waals surface area contributed by atoms with Crippen LogP contribution in [0.2, 0.25) is 0 Å². The molecule has 1 unspecified atom stereocenters. The van der Waals surface area contributed by atoms with Crippen molar-refractivity contribution in [3.8, 4) is 0 Å². The van der Waals surface area contributed by atoms with Crippen molar-refractivity contribution >= 4 is 0 Å². The minimum atomic E-state index is 0. The van der Waals surface area contributed by atoms with Crippen LogP contribution >= 0.6 is 0 Å². The van der Waals surface area contributed by atoms with Crippen molar-refractivity contribution in [3.63, 3.8) is 0 Å². The van der Waals surface area contributed by atoms with Gasteiger partial charge in [-0.2, -0.15) is 0 Å². The van der Waals surface area contributed by atoms with Crippen LogP contribution in [0.3, 0.4) is 0 Å². The molecular formula is C12H30BrN. The molecule has 0 bridgehead atoms.